The molecule has 1 aromatic rings. The predicted molar refractivity (Wildman–Crippen MR) is 104 cm³/mol. The molecule has 1 heterocycles. The van der Waals surface area contributed by atoms with Crippen molar-refractivity contribution in [1.29, 1.82) is 0 Å². The van der Waals surface area contributed by atoms with E-state index in [0.29, 0.717) is 32.5 Å². The highest BCUT2D eigenvalue weighted by Gasteiger charge is 2.48. The van der Waals surface area contributed by atoms with Crippen molar-refractivity contribution in [2.24, 2.45) is 5.41 Å². The summed E-state index contributed by atoms with van der Waals surface area (Å²) in [5, 5.41) is 6.04. The van der Waals surface area contributed by atoms with Crippen molar-refractivity contribution in [1.82, 2.24) is 10.6 Å². The van der Waals surface area contributed by atoms with E-state index in [1.165, 1.54) is 11.8 Å². The number of carbonyl (C=O) groups is 1. The van der Waals surface area contributed by atoms with Crippen LogP contribution in [0, 0.1) is 5.41 Å². The van der Waals surface area contributed by atoms with Crippen LogP contribution in [0.25, 0.3) is 0 Å². The van der Waals surface area contributed by atoms with Crippen molar-refractivity contribution >= 4 is 28.2 Å². The molecule has 0 bridgehead atoms. The van der Waals surface area contributed by atoms with Crippen LogP contribution in [-0.4, -0.2) is 45.0 Å². The molecule has 1 saturated heterocycles. The maximum Gasteiger partial charge on any atom is 0.241 e. The van der Waals surface area contributed by atoms with Crippen molar-refractivity contribution in [2.45, 2.75) is 37.9 Å². The molecule has 0 atom stereocenters. The van der Waals surface area contributed by atoms with E-state index in [1.807, 2.05) is 18.2 Å². The molecule has 0 saturated carbocycles. The molecule has 25 heavy (non-hydrogen) atoms. The van der Waals surface area contributed by atoms with Crippen molar-refractivity contribution in [2.75, 3.05) is 25.9 Å². The second kappa shape index (κ2) is 8.52. The Hall–Kier alpha value is -1.11. The molecule has 5 nitrogen and oxygen atoms in total. The maximum absolute atomic E-state index is 12.7. The van der Waals surface area contributed by atoms with E-state index in [-0.39, 0.29) is 23.7 Å². The molecule has 2 N–H and O–H groups in total. The van der Waals surface area contributed by atoms with Crippen molar-refractivity contribution < 1.29 is 13.2 Å². The molecule has 0 spiro atoms. The number of amides is 1. The van der Waals surface area contributed by atoms with Gasteiger partial charge in [0.25, 0.3) is 0 Å². The zero-order valence-corrected chi connectivity index (χ0v) is 16.8. The standard InChI is InChI=1S/C18H28N2O3S.ClH/c1-17(2,13-15-7-5-4-6-8-15)14-20-16(21)18(24(3,22)23)9-11-19-12-10-18;/h4-8,19H,9-14H2,1-3H3,(H,20,21);1H. The van der Waals surface area contributed by atoms with E-state index >= 15 is 0 Å². The molecule has 0 radical (unpaired) electrons. The molecule has 2 rings (SSSR count). The first-order valence-electron chi connectivity index (χ1n) is 8.39. The second-order valence-electron chi connectivity index (χ2n) is 7.53. The molecule has 1 aliphatic heterocycles. The first kappa shape index (κ1) is 21.9. The fourth-order valence-corrected chi connectivity index (χ4v) is 4.64. The number of hydrogen-bond donors (Lipinski definition) is 2. The zero-order valence-electron chi connectivity index (χ0n) is 15.2. The zero-order chi connectivity index (χ0) is 17.8. The molecule has 0 unspecified atom stereocenters. The summed E-state index contributed by atoms with van der Waals surface area (Å²) in [6.45, 7) is 5.71. The number of benzene rings is 1. The lowest BCUT2D eigenvalue weighted by Gasteiger charge is -2.35. The maximum atomic E-state index is 12.7. The Balaban J connectivity index is 0.00000312. The Bertz CT molecular complexity index is 669. The van der Waals surface area contributed by atoms with Gasteiger partial charge in [-0.25, -0.2) is 8.42 Å². The minimum Gasteiger partial charge on any atom is -0.354 e. The lowest BCUT2D eigenvalue weighted by Crippen LogP contribution is -2.58. The van der Waals surface area contributed by atoms with Crippen LogP contribution in [0.4, 0.5) is 0 Å². The summed E-state index contributed by atoms with van der Waals surface area (Å²) in [7, 11) is -3.47. The van der Waals surface area contributed by atoms with E-state index in [0.717, 1.165) is 6.42 Å². The van der Waals surface area contributed by atoms with Gasteiger partial charge < -0.3 is 10.6 Å². The van der Waals surface area contributed by atoms with E-state index in [1.54, 1.807) is 0 Å². The molecule has 142 valence electrons. The molecule has 0 aromatic heterocycles. The van der Waals surface area contributed by atoms with Gasteiger partial charge in [-0.05, 0) is 43.3 Å². The predicted octanol–water partition coefficient (Wildman–Crippen LogP) is 1.96. The quantitative estimate of drug-likeness (QED) is 0.781. The number of piperidine rings is 1. The van der Waals surface area contributed by atoms with Crippen LogP contribution in [0.2, 0.25) is 0 Å². The lowest BCUT2D eigenvalue weighted by atomic mass is 9.85. The summed E-state index contributed by atoms with van der Waals surface area (Å²) in [6, 6.07) is 10.1. The van der Waals surface area contributed by atoms with Gasteiger partial charge in [0.1, 0.15) is 0 Å². The minimum absolute atomic E-state index is 0. The summed E-state index contributed by atoms with van der Waals surface area (Å²) in [5.41, 5.74) is 1.05. The SMILES string of the molecule is CC(C)(CNC(=O)C1(S(C)(=O)=O)CCNCC1)Cc1ccccc1.Cl. The van der Waals surface area contributed by atoms with E-state index in [9.17, 15) is 13.2 Å². The Morgan fingerprint density at radius 3 is 2.28 bits per heavy atom. The highest BCUT2D eigenvalue weighted by molar-refractivity contribution is 7.92. The highest BCUT2D eigenvalue weighted by atomic mass is 35.5. The van der Waals surface area contributed by atoms with Gasteiger partial charge >= 0.3 is 0 Å². The van der Waals surface area contributed by atoms with Gasteiger partial charge in [-0.15, -0.1) is 12.4 Å². The summed E-state index contributed by atoms with van der Waals surface area (Å²) in [6.07, 6.45) is 2.65. The molecule has 1 aliphatic rings. The number of nitrogens with one attached hydrogen (secondary N) is 2. The minimum atomic E-state index is -3.47. The third kappa shape index (κ3) is 5.43. The second-order valence-corrected chi connectivity index (χ2v) is 9.85. The Morgan fingerprint density at radius 1 is 1.20 bits per heavy atom. The van der Waals surface area contributed by atoms with Crippen molar-refractivity contribution in [3.05, 3.63) is 35.9 Å². The van der Waals surface area contributed by atoms with Crippen LogP contribution in [0.3, 0.4) is 0 Å². The fraction of sp³-hybridized carbons (Fsp3) is 0.611. The van der Waals surface area contributed by atoms with Gasteiger partial charge in [0.05, 0.1) is 0 Å². The number of hydrogen-bond acceptors (Lipinski definition) is 4. The van der Waals surface area contributed by atoms with Crippen LogP contribution in [0.1, 0.15) is 32.3 Å². The third-order valence-electron chi connectivity index (χ3n) is 4.79. The van der Waals surface area contributed by atoms with Gasteiger partial charge in [-0.1, -0.05) is 44.2 Å². The first-order valence-corrected chi connectivity index (χ1v) is 10.3. The first-order chi connectivity index (χ1) is 11.2. The van der Waals surface area contributed by atoms with Crippen molar-refractivity contribution in [3.63, 3.8) is 0 Å². The van der Waals surface area contributed by atoms with Crippen LogP contribution in [-0.2, 0) is 21.1 Å². The molecule has 1 fully saturated rings. The van der Waals surface area contributed by atoms with E-state index in [4.69, 9.17) is 0 Å². The normalized spacial score (nSPS) is 17.4. The number of rotatable bonds is 6. The molecule has 7 heteroatoms. The van der Waals surface area contributed by atoms with Gasteiger partial charge in [0.15, 0.2) is 14.6 Å². The molecule has 1 aromatic carbocycles. The van der Waals surface area contributed by atoms with Gasteiger partial charge in [-0.3, -0.25) is 4.79 Å². The average Bonchev–Trinajstić information content (AvgIpc) is 2.53. The largest absolute Gasteiger partial charge is 0.354 e. The van der Waals surface area contributed by atoms with E-state index in [2.05, 4.69) is 36.6 Å². The lowest BCUT2D eigenvalue weighted by molar-refractivity contribution is -0.124. The summed E-state index contributed by atoms with van der Waals surface area (Å²) >= 11 is 0. The van der Waals surface area contributed by atoms with Gasteiger partial charge in [0.2, 0.25) is 5.91 Å². The van der Waals surface area contributed by atoms with Crippen LogP contribution in [0.5, 0.6) is 0 Å². The highest BCUT2D eigenvalue weighted by Crippen LogP contribution is 2.29. The van der Waals surface area contributed by atoms with Crippen LogP contribution >= 0.6 is 12.4 Å². The molecule has 0 aliphatic carbocycles. The van der Waals surface area contributed by atoms with Crippen LogP contribution < -0.4 is 10.6 Å². The van der Waals surface area contributed by atoms with Gasteiger partial charge in [-0.2, -0.15) is 0 Å². The number of sulfone groups is 1. The average molecular weight is 389 g/mol. The molecular formula is C18H29ClN2O3S. The Labute approximate surface area is 157 Å². The molecule has 1 amide bonds. The van der Waals surface area contributed by atoms with Crippen molar-refractivity contribution in [3.8, 4) is 0 Å². The fourth-order valence-electron chi connectivity index (χ4n) is 3.29. The summed E-state index contributed by atoms with van der Waals surface area (Å²) < 4.78 is 23.3. The molecular weight excluding hydrogens is 360 g/mol. The van der Waals surface area contributed by atoms with Crippen LogP contribution in [0.15, 0.2) is 30.3 Å². The number of carbonyl (C=O) groups excluding carboxylic acids is 1. The monoisotopic (exact) mass is 388 g/mol. The smallest absolute Gasteiger partial charge is 0.241 e. The van der Waals surface area contributed by atoms with E-state index < -0.39 is 14.6 Å². The topological polar surface area (TPSA) is 75.3 Å². The summed E-state index contributed by atoms with van der Waals surface area (Å²) in [4.78, 5) is 12.7. The summed E-state index contributed by atoms with van der Waals surface area (Å²) in [5.74, 6) is -0.354. The third-order valence-corrected chi connectivity index (χ3v) is 6.80. The number of halogens is 1. The Kier molecular flexibility index (Phi) is 7.47. The van der Waals surface area contributed by atoms with Gasteiger partial charge in [0, 0.05) is 12.8 Å². The Morgan fingerprint density at radius 2 is 1.76 bits per heavy atom.